The van der Waals surface area contributed by atoms with E-state index in [0.29, 0.717) is 11.3 Å². The van der Waals surface area contributed by atoms with Gasteiger partial charge in [-0.25, -0.2) is 4.39 Å². The van der Waals surface area contributed by atoms with E-state index < -0.39 is 36.1 Å². The van der Waals surface area contributed by atoms with Crippen molar-refractivity contribution in [1.29, 1.82) is 0 Å². The number of ether oxygens (including phenoxy) is 1. The fourth-order valence-corrected chi connectivity index (χ4v) is 2.19. The van der Waals surface area contributed by atoms with Gasteiger partial charge >= 0.3 is 5.97 Å². The number of carbonyl (C=O) groups is 4. The van der Waals surface area contributed by atoms with Gasteiger partial charge in [0, 0.05) is 24.1 Å². The van der Waals surface area contributed by atoms with E-state index in [1.807, 2.05) is 0 Å². The molecule has 0 unspecified atom stereocenters. The Morgan fingerprint density at radius 2 is 1.52 bits per heavy atom. The molecule has 0 aromatic heterocycles. The quantitative estimate of drug-likeness (QED) is 0.462. The van der Waals surface area contributed by atoms with Crippen molar-refractivity contribution in [2.24, 2.45) is 0 Å². The third-order valence-corrected chi connectivity index (χ3v) is 3.63. The number of anilines is 1. The molecule has 0 atom stereocenters. The van der Waals surface area contributed by atoms with Crippen molar-refractivity contribution < 1.29 is 28.3 Å². The number of amides is 3. The van der Waals surface area contributed by atoms with Crippen LogP contribution < -0.4 is 16.2 Å². The number of rotatable bonds is 8. The average Bonchev–Trinajstić information content (AvgIpc) is 2.73. The van der Waals surface area contributed by atoms with Crippen LogP contribution in [-0.4, -0.2) is 30.3 Å². The highest BCUT2D eigenvalue weighted by Crippen LogP contribution is 2.08. The normalized spacial score (nSPS) is 9.97. The van der Waals surface area contributed by atoms with Crippen LogP contribution in [0.2, 0.25) is 0 Å². The third-order valence-electron chi connectivity index (χ3n) is 3.63. The smallest absolute Gasteiger partial charge is 0.306 e. The standard InChI is InChI=1S/C20H20FN3O5/c21-15-9-11-16(12-10-15)22-18(26)13-29-19(27)8-4-7-17(25)23-24-20(28)14-5-2-1-3-6-14/h1-3,5-6,9-12H,4,7-8,13H2,(H,22,26)(H,23,25)(H,24,28). The molecule has 0 fully saturated rings. The van der Waals surface area contributed by atoms with Gasteiger partial charge in [-0.05, 0) is 42.8 Å². The van der Waals surface area contributed by atoms with Gasteiger partial charge in [-0.2, -0.15) is 0 Å². The minimum absolute atomic E-state index is 0.00799. The highest BCUT2D eigenvalue weighted by Gasteiger charge is 2.10. The summed E-state index contributed by atoms with van der Waals surface area (Å²) in [4.78, 5) is 46.7. The largest absolute Gasteiger partial charge is 0.456 e. The summed E-state index contributed by atoms with van der Waals surface area (Å²) in [7, 11) is 0. The van der Waals surface area contributed by atoms with Crippen molar-refractivity contribution in [2.75, 3.05) is 11.9 Å². The Labute approximate surface area is 166 Å². The van der Waals surface area contributed by atoms with Gasteiger partial charge < -0.3 is 10.1 Å². The fraction of sp³-hybridized carbons (Fsp3) is 0.200. The van der Waals surface area contributed by atoms with Gasteiger partial charge in [-0.1, -0.05) is 18.2 Å². The van der Waals surface area contributed by atoms with Crippen molar-refractivity contribution in [3.05, 3.63) is 66.0 Å². The fourth-order valence-electron chi connectivity index (χ4n) is 2.19. The van der Waals surface area contributed by atoms with E-state index in [1.165, 1.54) is 24.3 Å². The molecule has 0 saturated carbocycles. The van der Waals surface area contributed by atoms with Gasteiger partial charge in [-0.15, -0.1) is 0 Å². The predicted molar refractivity (Wildman–Crippen MR) is 102 cm³/mol. The van der Waals surface area contributed by atoms with E-state index in [9.17, 15) is 23.6 Å². The maximum Gasteiger partial charge on any atom is 0.306 e. The minimum atomic E-state index is -0.639. The van der Waals surface area contributed by atoms with E-state index in [2.05, 4.69) is 16.2 Å². The second-order valence-corrected chi connectivity index (χ2v) is 5.94. The molecule has 3 amide bonds. The van der Waals surface area contributed by atoms with Crippen LogP contribution in [0.5, 0.6) is 0 Å². The van der Waals surface area contributed by atoms with Gasteiger partial charge in [0.05, 0.1) is 0 Å². The lowest BCUT2D eigenvalue weighted by atomic mass is 10.2. The SMILES string of the molecule is O=C(CCCC(=O)OCC(=O)Nc1ccc(F)cc1)NNC(=O)c1ccccc1. The summed E-state index contributed by atoms with van der Waals surface area (Å²) in [5.74, 6) is -2.55. The Morgan fingerprint density at radius 3 is 2.21 bits per heavy atom. The zero-order valence-electron chi connectivity index (χ0n) is 15.4. The topological polar surface area (TPSA) is 114 Å². The number of carbonyl (C=O) groups excluding carboxylic acids is 4. The molecule has 2 aromatic rings. The molecule has 0 spiro atoms. The number of hydrogen-bond acceptors (Lipinski definition) is 5. The average molecular weight is 401 g/mol. The number of halogens is 1. The van der Waals surface area contributed by atoms with Crippen LogP contribution in [0.15, 0.2) is 54.6 Å². The van der Waals surface area contributed by atoms with Crippen LogP contribution in [0.3, 0.4) is 0 Å². The zero-order chi connectivity index (χ0) is 21.1. The number of esters is 1. The molecule has 0 aliphatic rings. The molecule has 0 heterocycles. The van der Waals surface area contributed by atoms with Crippen molar-refractivity contribution >= 4 is 29.4 Å². The molecule has 152 valence electrons. The molecule has 3 N–H and O–H groups in total. The third kappa shape index (κ3) is 8.21. The molecule has 29 heavy (non-hydrogen) atoms. The summed E-state index contributed by atoms with van der Waals surface area (Å²) in [6.07, 6.45) is 0.112. The van der Waals surface area contributed by atoms with E-state index in [1.54, 1.807) is 30.3 Å². The van der Waals surface area contributed by atoms with Crippen LogP contribution in [0.4, 0.5) is 10.1 Å². The monoisotopic (exact) mass is 401 g/mol. The summed E-state index contributed by atoms with van der Waals surface area (Å²) in [6.45, 7) is -0.491. The first-order chi connectivity index (χ1) is 13.9. The predicted octanol–water partition coefficient (Wildman–Crippen LogP) is 1.94. The van der Waals surface area contributed by atoms with E-state index in [0.717, 1.165) is 0 Å². The molecule has 2 rings (SSSR count). The lowest BCUT2D eigenvalue weighted by Gasteiger charge is -2.08. The van der Waals surface area contributed by atoms with Crippen molar-refractivity contribution in [3.8, 4) is 0 Å². The number of benzene rings is 2. The maximum absolute atomic E-state index is 12.8. The Kier molecular flexibility index (Phi) is 8.30. The Bertz CT molecular complexity index is 856. The Morgan fingerprint density at radius 1 is 0.828 bits per heavy atom. The molecular formula is C20H20FN3O5. The van der Waals surface area contributed by atoms with Crippen molar-refractivity contribution in [2.45, 2.75) is 19.3 Å². The molecule has 0 bridgehead atoms. The lowest BCUT2D eigenvalue weighted by Crippen LogP contribution is -2.41. The number of hydrazine groups is 1. The van der Waals surface area contributed by atoms with Gasteiger partial charge in [0.15, 0.2) is 6.61 Å². The molecule has 8 nitrogen and oxygen atoms in total. The number of nitrogens with one attached hydrogen (secondary N) is 3. The van der Waals surface area contributed by atoms with Gasteiger partial charge in [0.2, 0.25) is 5.91 Å². The molecular weight excluding hydrogens is 381 g/mol. The van der Waals surface area contributed by atoms with E-state index in [4.69, 9.17) is 4.74 Å². The van der Waals surface area contributed by atoms with E-state index >= 15 is 0 Å². The van der Waals surface area contributed by atoms with Crippen LogP contribution >= 0.6 is 0 Å². The highest BCUT2D eigenvalue weighted by molar-refractivity contribution is 5.95. The maximum atomic E-state index is 12.8. The van der Waals surface area contributed by atoms with Gasteiger partial charge in [-0.3, -0.25) is 30.0 Å². The lowest BCUT2D eigenvalue weighted by molar-refractivity contribution is -0.147. The Balaban J connectivity index is 1.57. The molecule has 0 saturated heterocycles. The van der Waals surface area contributed by atoms with Crippen LogP contribution in [-0.2, 0) is 19.1 Å². The van der Waals surface area contributed by atoms with Crippen molar-refractivity contribution in [1.82, 2.24) is 10.9 Å². The summed E-state index contributed by atoms with van der Waals surface area (Å²) >= 11 is 0. The Hall–Kier alpha value is -3.75. The van der Waals surface area contributed by atoms with E-state index in [-0.39, 0.29) is 19.3 Å². The minimum Gasteiger partial charge on any atom is -0.456 e. The van der Waals surface area contributed by atoms with Crippen LogP contribution in [0.25, 0.3) is 0 Å². The molecule has 0 aliphatic heterocycles. The second-order valence-electron chi connectivity index (χ2n) is 5.94. The zero-order valence-corrected chi connectivity index (χ0v) is 15.4. The van der Waals surface area contributed by atoms with Gasteiger partial charge in [0.25, 0.3) is 11.8 Å². The summed E-state index contributed by atoms with van der Waals surface area (Å²) < 4.78 is 17.6. The number of hydrogen-bond donors (Lipinski definition) is 3. The molecule has 0 aliphatic carbocycles. The molecule has 9 heteroatoms. The first-order valence-corrected chi connectivity index (χ1v) is 8.79. The van der Waals surface area contributed by atoms with Crippen molar-refractivity contribution in [3.63, 3.8) is 0 Å². The van der Waals surface area contributed by atoms with Gasteiger partial charge in [0.1, 0.15) is 5.82 Å². The molecule has 0 radical (unpaired) electrons. The summed E-state index contributed by atoms with van der Waals surface area (Å²) in [5.41, 5.74) is 5.30. The van der Waals surface area contributed by atoms with Crippen LogP contribution in [0, 0.1) is 5.82 Å². The van der Waals surface area contributed by atoms with Crippen LogP contribution in [0.1, 0.15) is 29.6 Å². The summed E-state index contributed by atoms with van der Waals surface area (Å²) in [6, 6.07) is 13.5. The first-order valence-electron chi connectivity index (χ1n) is 8.79. The highest BCUT2D eigenvalue weighted by atomic mass is 19.1. The summed E-state index contributed by atoms with van der Waals surface area (Å²) in [5, 5.41) is 2.45. The first kappa shape index (κ1) is 21.5. The molecule has 2 aromatic carbocycles. The second kappa shape index (κ2) is 11.2.